The van der Waals surface area contributed by atoms with Gasteiger partial charge in [-0.2, -0.15) is 0 Å². The monoisotopic (exact) mass is 248 g/mol. The van der Waals surface area contributed by atoms with Crippen LogP contribution in [0.1, 0.15) is 13.3 Å². The van der Waals surface area contributed by atoms with Gasteiger partial charge in [0.1, 0.15) is 6.04 Å². The molecule has 1 atom stereocenters. The molecule has 2 heterocycles. The van der Waals surface area contributed by atoms with Crippen LogP contribution in [0.5, 0.6) is 0 Å². The zero-order valence-corrected chi connectivity index (χ0v) is 10.4. The number of rotatable bonds is 3. The predicted octanol–water partition coefficient (Wildman–Crippen LogP) is 0.365. The van der Waals surface area contributed by atoms with Gasteiger partial charge in [0.25, 0.3) is 0 Å². The molecule has 0 saturated carbocycles. The Balaban J connectivity index is 2.33. The smallest absolute Gasteiger partial charge is 0.249 e. The van der Waals surface area contributed by atoms with Gasteiger partial charge in [-0.1, -0.05) is 6.92 Å². The zero-order valence-electron chi connectivity index (χ0n) is 10.4. The van der Waals surface area contributed by atoms with Gasteiger partial charge in [0.05, 0.1) is 30.3 Å². The van der Waals surface area contributed by atoms with Gasteiger partial charge in [-0.25, -0.2) is 0 Å². The first kappa shape index (κ1) is 12.3. The summed E-state index contributed by atoms with van der Waals surface area (Å²) in [6, 6.07) is 1.55. The molecular weight excluding hydrogens is 232 g/mol. The molecule has 6 nitrogen and oxygen atoms in total. The summed E-state index contributed by atoms with van der Waals surface area (Å²) < 4.78 is 0. The summed E-state index contributed by atoms with van der Waals surface area (Å²) in [7, 11) is 1.80. The number of imide groups is 1. The highest BCUT2D eigenvalue weighted by molar-refractivity contribution is 6.04. The van der Waals surface area contributed by atoms with Gasteiger partial charge in [0.15, 0.2) is 0 Å². The Labute approximate surface area is 105 Å². The summed E-state index contributed by atoms with van der Waals surface area (Å²) in [5, 5.41) is 5.34. The Morgan fingerprint density at radius 1 is 1.50 bits per heavy atom. The Kier molecular flexibility index (Phi) is 3.45. The standard InChI is InChI=1S/C12H16N4O2/c1-3-10-12(18)15-11(17)7-16(10)9-4-8(13-2)5-14-6-9/h4-6,10,13H,3,7H2,1-2H3,(H,15,17,18). The molecule has 1 aromatic rings. The van der Waals surface area contributed by atoms with Gasteiger partial charge in [-0.3, -0.25) is 19.9 Å². The van der Waals surface area contributed by atoms with Gasteiger partial charge in [-0.05, 0) is 12.5 Å². The van der Waals surface area contributed by atoms with Crippen molar-refractivity contribution in [2.45, 2.75) is 19.4 Å². The van der Waals surface area contributed by atoms with Crippen LogP contribution in [-0.2, 0) is 9.59 Å². The van der Waals surface area contributed by atoms with E-state index in [1.807, 2.05) is 13.0 Å². The van der Waals surface area contributed by atoms with Crippen molar-refractivity contribution >= 4 is 23.2 Å². The molecule has 0 aliphatic carbocycles. The predicted molar refractivity (Wildman–Crippen MR) is 68.4 cm³/mol. The molecule has 1 unspecified atom stereocenters. The topological polar surface area (TPSA) is 74.3 Å². The fourth-order valence-electron chi connectivity index (χ4n) is 2.07. The third kappa shape index (κ3) is 2.27. The molecule has 2 N–H and O–H groups in total. The first-order valence-electron chi connectivity index (χ1n) is 5.88. The number of nitrogens with one attached hydrogen (secondary N) is 2. The zero-order chi connectivity index (χ0) is 13.1. The molecule has 2 amide bonds. The van der Waals surface area contributed by atoms with E-state index in [-0.39, 0.29) is 24.4 Å². The van der Waals surface area contributed by atoms with Crippen molar-refractivity contribution in [3.8, 4) is 0 Å². The molecule has 0 aromatic carbocycles. The third-order valence-electron chi connectivity index (χ3n) is 2.99. The second-order valence-electron chi connectivity index (χ2n) is 4.15. The van der Waals surface area contributed by atoms with E-state index in [0.717, 1.165) is 11.4 Å². The summed E-state index contributed by atoms with van der Waals surface area (Å²) in [6.45, 7) is 2.10. The van der Waals surface area contributed by atoms with Crippen molar-refractivity contribution in [1.82, 2.24) is 10.3 Å². The van der Waals surface area contributed by atoms with Crippen LogP contribution in [0.25, 0.3) is 0 Å². The second kappa shape index (κ2) is 5.03. The summed E-state index contributed by atoms with van der Waals surface area (Å²) in [5.74, 6) is -0.525. The number of pyridine rings is 1. The molecule has 1 saturated heterocycles. The van der Waals surface area contributed by atoms with Gasteiger partial charge in [-0.15, -0.1) is 0 Å². The van der Waals surface area contributed by atoms with Crippen LogP contribution in [0.4, 0.5) is 11.4 Å². The highest BCUT2D eigenvalue weighted by atomic mass is 16.2. The molecule has 0 spiro atoms. The van der Waals surface area contributed by atoms with Crippen LogP contribution in [0, 0.1) is 0 Å². The van der Waals surface area contributed by atoms with Gasteiger partial charge >= 0.3 is 0 Å². The molecule has 18 heavy (non-hydrogen) atoms. The van der Waals surface area contributed by atoms with E-state index in [9.17, 15) is 9.59 Å². The number of amides is 2. The van der Waals surface area contributed by atoms with Crippen molar-refractivity contribution in [3.63, 3.8) is 0 Å². The van der Waals surface area contributed by atoms with Crippen LogP contribution < -0.4 is 15.5 Å². The fourth-order valence-corrected chi connectivity index (χ4v) is 2.07. The lowest BCUT2D eigenvalue weighted by atomic mass is 10.1. The molecule has 1 fully saturated rings. The number of piperazine rings is 1. The van der Waals surface area contributed by atoms with Gasteiger partial charge in [0, 0.05) is 7.05 Å². The minimum Gasteiger partial charge on any atom is -0.387 e. The van der Waals surface area contributed by atoms with E-state index in [4.69, 9.17) is 0 Å². The number of nitrogens with zero attached hydrogens (tertiary/aromatic N) is 2. The van der Waals surface area contributed by atoms with Crippen molar-refractivity contribution in [1.29, 1.82) is 0 Å². The minimum absolute atomic E-state index is 0.180. The van der Waals surface area contributed by atoms with Gasteiger partial charge < -0.3 is 10.2 Å². The normalized spacial score (nSPS) is 19.7. The number of anilines is 2. The molecule has 6 heteroatoms. The van der Waals surface area contributed by atoms with Crippen LogP contribution in [0.3, 0.4) is 0 Å². The molecule has 0 bridgehead atoms. The Morgan fingerprint density at radius 3 is 2.94 bits per heavy atom. The average molecular weight is 248 g/mol. The molecular formula is C12H16N4O2. The quantitative estimate of drug-likeness (QED) is 0.756. The maximum atomic E-state index is 11.8. The molecule has 0 radical (unpaired) electrons. The second-order valence-corrected chi connectivity index (χ2v) is 4.15. The summed E-state index contributed by atoms with van der Waals surface area (Å²) in [5.41, 5.74) is 1.62. The lowest BCUT2D eigenvalue weighted by Gasteiger charge is -2.35. The molecule has 1 aromatic heterocycles. The lowest BCUT2D eigenvalue weighted by molar-refractivity contribution is -0.132. The number of carbonyl (C=O) groups is 2. The van der Waals surface area contributed by atoms with Crippen LogP contribution in [-0.4, -0.2) is 36.4 Å². The number of hydrogen-bond acceptors (Lipinski definition) is 5. The summed E-state index contributed by atoms with van der Waals surface area (Å²) in [4.78, 5) is 29.1. The summed E-state index contributed by atoms with van der Waals surface area (Å²) >= 11 is 0. The third-order valence-corrected chi connectivity index (χ3v) is 2.99. The first-order valence-corrected chi connectivity index (χ1v) is 5.88. The molecule has 2 rings (SSSR count). The Bertz CT molecular complexity index is 475. The molecule has 96 valence electrons. The highest BCUT2D eigenvalue weighted by Crippen LogP contribution is 2.22. The first-order chi connectivity index (χ1) is 8.65. The SMILES string of the molecule is CCC1C(=O)NC(=O)CN1c1cncc(NC)c1. The highest BCUT2D eigenvalue weighted by Gasteiger charge is 2.32. The number of aromatic nitrogens is 1. The maximum Gasteiger partial charge on any atom is 0.249 e. The summed E-state index contributed by atoms with van der Waals surface area (Å²) in [6.07, 6.45) is 3.99. The van der Waals surface area contributed by atoms with E-state index in [1.165, 1.54) is 0 Å². The Hall–Kier alpha value is -2.11. The van der Waals surface area contributed by atoms with Crippen LogP contribution in [0.15, 0.2) is 18.5 Å². The largest absolute Gasteiger partial charge is 0.387 e. The van der Waals surface area contributed by atoms with Gasteiger partial charge in [0.2, 0.25) is 11.8 Å². The van der Waals surface area contributed by atoms with E-state index in [0.29, 0.717) is 6.42 Å². The number of hydrogen-bond donors (Lipinski definition) is 2. The molecule has 1 aliphatic rings. The maximum absolute atomic E-state index is 11.8. The van der Waals surface area contributed by atoms with Crippen LogP contribution in [0.2, 0.25) is 0 Å². The Morgan fingerprint density at radius 2 is 2.28 bits per heavy atom. The number of carbonyl (C=O) groups excluding carboxylic acids is 2. The van der Waals surface area contributed by atoms with Crippen molar-refractivity contribution < 1.29 is 9.59 Å². The van der Waals surface area contributed by atoms with Crippen LogP contribution >= 0.6 is 0 Å². The van der Waals surface area contributed by atoms with E-state index < -0.39 is 0 Å². The minimum atomic E-state index is -0.323. The lowest BCUT2D eigenvalue weighted by Crippen LogP contribution is -2.58. The van der Waals surface area contributed by atoms with E-state index in [1.54, 1.807) is 24.3 Å². The molecule has 1 aliphatic heterocycles. The van der Waals surface area contributed by atoms with Crippen molar-refractivity contribution in [2.24, 2.45) is 0 Å². The fraction of sp³-hybridized carbons (Fsp3) is 0.417. The van der Waals surface area contributed by atoms with Crippen molar-refractivity contribution in [2.75, 3.05) is 23.8 Å². The van der Waals surface area contributed by atoms with Crippen molar-refractivity contribution in [3.05, 3.63) is 18.5 Å². The van der Waals surface area contributed by atoms with E-state index in [2.05, 4.69) is 15.6 Å². The average Bonchev–Trinajstić information content (AvgIpc) is 2.38. The van der Waals surface area contributed by atoms with E-state index >= 15 is 0 Å².